The molecule has 1 amide bonds. The van der Waals surface area contributed by atoms with Crippen LogP contribution in [0.1, 0.15) is 38.5 Å². The van der Waals surface area contributed by atoms with E-state index in [9.17, 15) is 4.79 Å². The van der Waals surface area contributed by atoms with Crippen molar-refractivity contribution < 1.29 is 13.9 Å². The molecule has 0 aliphatic heterocycles. The number of benzene rings is 3. The summed E-state index contributed by atoms with van der Waals surface area (Å²) in [4.78, 5) is 17.1. The van der Waals surface area contributed by atoms with Crippen LogP contribution in [0.25, 0.3) is 11.5 Å². The first-order valence-corrected chi connectivity index (χ1v) is 11.1. The number of carbonyl (C=O) groups is 1. The van der Waals surface area contributed by atoms with Crippen molar-refractivity contribution in [2.45, 2.75) is 33.8 Å². The average Bonchev–Trinajstić information content (AvgIpc) is 3.20. The van der Waals surface area contributed by atoms with Crippen LogP contribution < -0.4 is 10.1 Å². The number of ether oxygens (including phenoxy) is 1. The lowest BCUT2D eigenvalue weighted by Crippen LogP contribution is -2.25. The van der Waals surface area contributed by atoms with E-state index in [1.165, 1.54) is 16.7 Å². The van der Waals surface area contributed by atoms with Gasteiger partial charge in [-0.15, -0.1) is 0 Å². The molecular weight excluding hydrogens is 412 g/mol. The molecule has 0 unspecified atom stereocenters. The molecule has 0 aliphatic rings. The highest BCUT2D eigenvalue weighted by Gasteiger charge is 2.13. The minimum Gasteiger partial charge on any atom is -0.487 e. The van der Waals surface area contributed by atoms with E-state index in [0.29, 0.717) is 24.6 Å². The predicted octanol–water partition coefficient (Wildman–Crippen LogP) is 5.82. The largest absolute Gasteiger partial charge is 0.487 e. The first kappa shape index (κ1) is 22.3. The lowest BCUT2D eigenvalue weighted by molar-refractivity contribution is 0.0954. The van der Waals surface area contributed by atoms with E-state index in [-0.39, 0.29) is 5.91 Å². The number of carbonyl (C=O) groups excluding carboxylic acids is 1. The fraction of sp³-hybridized carbons (Fsp3) is 0.214. The molecule has 1 heterocycles. The zero-order chi connectivity index (χ0) is 23.2. The van der Waals surface area contributed by atoms with Crippen LogP contribution >= 0.6 is 0 Å². The second kappa shape index (κ2) is 10.2. The minimum atomic E-state index is -0.0918. The first-order valence-electron chi connectivity index (χ1n) is 11.1. The van der Waals surface area contributed by atoms with Gasteiger partial charge < -0.3 is 14.5 Å². The lowest BCUT2D eigenvalue weighted by Gasteiger charge is -2.08. The number of amides is 1. The Kier molecular flexibility index (Phi) is 6.89. The summed E-state index contributed by atoms with van der Waals surface area (Å²) in [7, 11) is 0. The van der Waals surface area contributed by atoms with Gasteiger partial charge in [0.2, 0.25) is 5.89 Å². The van der Waals surface area contributed by atoms with Gasteiger partial charge in [0.1, 0.15) is 23.8 Å². The van der Waals surface area contributed by atoms with Gasteiger partial charge >= 0.3 is 0 Å². The Hall–Kier alpha value is -3.86. The normalized spacial score (nSPS) is 10.8. The third-order valence-electron chi connectivity index (χ3n) is 5.62. The summed E-state index contributed by atoms with van der Waals surface area (Å²) < 4.78 is 11.7. The number of aromatic nitrogens is 1. The Balaban J connectivity index is 1.34. The van der Waals surface area contributed by atoms with Crippen LogP contribution in [-0.4, -0.2) is 17.4 Å². The Morgan fingerprint density at radius 1 is 0.939 bits per heavy atom. The molecule has 1 aromatic heterocycles. The first-order chi connectivity index (χ1) is 16.0. The van der Waals surface area contributed by atoms with E-state index >= 15 is 0 Å². The topological polar surface area (TPSA) is 64.4 Å². The highest BCUT2D eigenvalue weighted by atomic mass is 16.5. The maximum atomic E-state index is 12.5. The van der Waals surface area contributed by atoms with E-state index < -0.39 is 0 Å². The van der Waals surface area contributed by atoms with Gasteiger partial charge in [-0.25, -0.2) is 4.98 Å². The molecule has 0 atom stereocenters. The molecule has 0 saturated carbocycles. The number of hydrogen-bond donors (Lipinski definition) is 1. The quantitative estimate of drug-likeness (QED) is 0.375. The van der Waals surface area contributed by atoms with Crippen molar-refractivity contribution >= 4 is 5.91 Å². The lowest BCUT2D eigenvalue weighted by atomic mass is 10.1. The molecule has 5 heteroatoms. The monoisotopic (exact) mass is 440 g/mol. The SMILES string of the molecule is Cc1ccc(OCc2nc(-c3ccc(C(=O)NCCc4ccccc4C)cc3)oc2C)cc1. The van der Waals surface area contributed by atoms with Crippen LogP contribution in [-0.2, 0) is 13.0 Å². The van der Waals surface area contributed by atoms with Crippen LogP contribution in [0.2, 0.25) is 0 Å². The highest BCUT2D eigenvalue weighted by molar-refractivity contribution is 5.94. The molecule has 1 N–H and O–H groups in total. The van der Waals surface area contributed by atoms with Crippen molar-refractivity contribution in [2.75, 3.05) is 6.54 Å². The molecule has 0 saturated heterocycles. The van der Waals surface area contributed by atoms with Crippen molar-refractivity contribution in [2.24, 2.45) is 0 Å². The fourth-order valence-electron chi connectivity index (χ4n) is 3.54. The summed E-state index contributed by atoms with van der Waals surface area (Å²) in [5.41, 5.74) is 5.84. The van der Waals surface area contributed by atoms with Gasteiger partial charge in [-0.3, -0.25) is 4.79 Å². The standard InChI is InChI=1S/C28H28N2O3/c1-19-8-14-25(15-9-19)32-18-26-21(3)33-28(30-26)24-12-10-23(11-13-24)27(31)29-17-16-22-7-5-4-6-20(22)2/h4-15H,16-18H2,1-3H3,(H,29,31). The number of rotatable bonds is 8. The van der Waals surface area contributed by atoms with E-state index in [4.69, 9.17) is 9.15 Å². The summed E-state index contributed by atoms with van der Waals surface area (Å²) in [5.74, 6) is 1.94. The maximum Gasteiger partial charge on any atom is 0.251 e. The van der Waals surface area contributed by atoms with Crippen LogP contribution in [0.4, 0.5) is 0 Å². The van der Waals surface area contributed by atoms with Crippen molar-refractivity contribution in [3.8, 4) is 17.2 Å². The van der Waals surface area contributed by atoms with Gasteiger partial charge in [0.25, 0.3) is 5.91 Å². The number of aryl methyl sites for hydroxylation is 3. The molecule has 0 spiro atoms. The number of oxazole rings is 1. The highest BCUT2D eigenvalue weighted by Crippen LogP contribution is 2.23. The maximum absolute atomic E-state index is 12.5. The molecule has 4 aromatic rings. The predicted molar refractivity (Wildman–Crippen MR) is 129 cm³/mol. The molecular formula is C28H28N2O3. The average molecular weight is 441 g/mol. The van der Waals surface area contributed by atoms with Crippen molar-refractivity contribution in [1.82, 2.24) is 10.3 Å². The Morgan fingerprint density at radius 3 is 2.39 bits per heavy atom. The Bertz CT molecular complexity index is 1220. The zero-order valence-electron chi connectivity index (χ0n) is 19.2. The van der Waals surface area contributed by atoms with Crippen LogP contribution in [0.15, 0.2) is 77.2 Å². The third-order valence-corrected chi connectivity index (χ3v) is 5.62. The summed E-state index contributed by atoms with van der Waals surface area (Å²) in [6.45, 7) is 6.92. The number of nitrogens with one attached hydrogen (secondary N) is 1. The number of hydrogen-bond acceptors (Lipinski definition) is 4. The molecule has 3 aromatic carbocycles. The molecule has 4 rings (SSSR count). The number of nitrogens with zero attached hydrogens (tertiary/aromatic N) is 1. The van der Waals surface area contributed by atoms with Crippen molar-refractivity contribution in [3.63, 3.8) is 0 Å². The molecule has 168 valence electrons. The summed E-state index contributed by atoms with van der Waals surface area (Å²) in [5, 5.41) is 2.99. The van der Waals surface area contributed by atoms with Crippen LogP contribution in [0, 0.1) is 20.8 Å². The van der Waals surface area contributed by atoms with Gasteiger partial charge in [-0.05, 0) is 74.7 Å². The van der Waals surface area contributed by atoms with E-state index in [0.717, 1.165) is 29.2 Å². The summed E-state index contributed by atoms with van der Waals surface area (Å²) in [6, 6.07) is 23.4. The van der Waals surface area contributed by atoms with Gasteiger partial charge in [-0.2, -0.15) is 0 Å². The molecule has 0 radical (unpaired) electrons. The zero-order valence-corrected chi connectivity index (χ0v) is 19.2. The van der Waals surface area contributed by atoms with Crippen LogP contribution in [0.5, 0.6) is 5.75 Å². The smallest absolute Gasteiger partial charge is 0.251 e. The second-order valence-corrected chi connectivity index (χ2v) is 8.13. The van der Waals surface area contributed by atoms with Crippen molar-refractivity contribution in [3.05, 3.63) is 107 Å². The van der Waals surface area contributed by atoms with Crippen LogP contribution in [0.3, 0.4) is 0 Å². The van der Waals surface area contributed by atoms with Gasteiger partial charge in [0.05, 0.1) is 0 Å². The molecule has 0 aliphatic carbocycles. The van der Waals surface area contributed by atoms with Gasteiger partial charge in [-0.1, -0.05) is 42.0 Å². The van der Waals surface area contributed by atoms with E-state index in [1.54, 1.807) is 12.1 Å². The minimum absolute atomic E-state index is 0.0918. The van der Waals surface area contributed by atoms with E-state index in [1.807, 2.05) is 62.4 Å². The second-order valence-electron chi connectivity index (χ2n) is 8.13. The molecule has 5 nitrogen and oxygen atoms in total. The molecule has 0 bridgehead atoms. The molecule has 0 fully saturated rings. The summed E-state index contributed by atoms with van der Waals surface area (Å²) in [6.07, 6.45) is 0.805. The Labute approximate surface area is 194 Å². The van der Waals surface area contributed by atoms with Gasteiger partial charge in [0.15, 0.2) is 0 Å². The third kappa shape index (κ3) is 5.69. The Morgan fingerprint density at radius 2 is 1.67 bits per heavy atom. The summed E-state index contributed by atoms with van der Waals surface area (Å²) >= 11 is 0. The van der Waals surface area contributed by atoms with E-state index in [2.05, 4.69) is 29.4 Å². The fourth-order valence-corrected chi connectivity index (χ4v) is 3.54. The van der Waals surface area contributed by atoms with Crippen molar-refractivity contribution in [1.29, 1.82) is 0 Å². The van der Waals surface area contributed by atoms with Gasteiger partial charge in [0, 0.05) is 17.7 Å². The molecule has 33 heavy (non-hydrogen) atoms.